The largest absolute Gasteiger partial charge is 0.272 e. The van der Waals surface area contributed by atoms with Crippen molar-refractivity contribution in [2.45, 2.75) is 12.1 Å². The molecule has 4 rings (SSSR count). The van der Waals surface area contributed by atoms with E-state index in [1.54, 1.807) is 19.1 Å². The molecule has 0 aliphatic heterocycles. The predicted octanol–water partition coefficient (Wildman–Crippen LogP) is 5.47. The van der Waals surface area contributed by atoms with E-state index in [0.29, 0.717) is 16.7 Å². The summed E-state index contributed by atoms with van der Waals surface area (Å²) in [6, 6.07) is 23.5. The minimum Gasteiger partial charge on any atom is -0.272 e. The lowest BCUT2D eigenvalue weighted by Crippen LogP contribution is -2.21. The van der Waals surface area contributed by atoms with E-state index in [-0.39, 0.29) is 17.5 Å². The van der Waals surface area contributed by atoms with Gasteiger partial charge in [0.2, 0.25) is 0 Å². The van der Waals surface area contributed by atoms with Crippen molar-refractivity contribution in [3.05, 3.63) is 94.7 Å². The maximum Gasteiger partial charge on any atom is 0.250 e. The first-order valence-corrected chi connectivity index (χ1v) is 11.8. The van der Waals surface area contributed by atoms with Crippen LogP contribution in [0.5, 0.6) is 0 Å². The standard InChI is InChI=1S/C24H19BrFN5OS/c1-16(17-9-13-20(26)14-10-17)27-28-22(32)15-33-24-30-29-23(18-7-11-19(25)12-8-18)31(24)21-5-3-2-4-6-21/h2-14H,15H2,1H3,(H,28,32)/b27-16+. The topological polar surface area (TPSA) is 72.2 Å². The number of aromatic nitrogens is 3. The Balaban J connectivity index is 1.51. The molecule has 166 valence electrons. The molecule has 0 aliphatic rings. The average molecular weight is 524 g/mol. The Hall–Kier alpha value is -3.30. The molecule has 1 N–H and O–H groups in total. The van der Waals surface area contributed by atoms with Crippen molar-refractivity contribution in [2.24, 2.45) is 5.10 Å². The highest BCUT2D eigenvalue weighted by Gasteiger charge is 2.17. The normalized spacial score (nSPS) is 11.4. The van der Waals surface area contributed by atoms with Gasteiger partial charge in [0.05, 0.1) is 11.5 Å². The second-order valence-corrected chi connectivity index (χ2v) is 8.87. The van der Waals surface area contributed by atoms with Crippen LogP contribution in [0.3, 0.4) is 0 Å². The van der Waals surface area contributed by atoms with E-state index in [4.69, 9.17) is 0 Å². The summed E-state index contributed by atoms with van der Waals surface area (Å²) in [4.78, 5) is 12.4. The third-order valence-electron chi connectivity index (χ3n) is 4.69. The van der Waals surface area contributed by atoms with Crippen molar-refractivity contribution in [3.8, 4) is 17.1 Å². The molecule has 3 aromatic carbocycles. The molecular weight excluding hydrogens is 505 g/mol. The van der Waals surface area contributed by atoms with Gasteiger partial charge in [-0.2, -0.15) is 5.10 Å². The van der Waals surface area contributed by atoms with Gasteiger partial charge in [0.1, 0.15) is 5.82 Å². The number of rotatable bonds is 7. The summed E-state index contributed by atoms with van der Waals surface area (Å²) >= 11 is 4.72. The van der Waals surface area contributed by atoms with E-state index in [0.717, 1.165) is 21.3 Å². The third-order valence-corrected chi connectivity index (χ3v) is 6.15. The third kappa shape index (κ3) is 5.74. The van der Waals surface area contributed by atoms with Crippen LogP contribution in [-0.2, 0) is 4.79 Å². The highest BCUT2D eigenvalue weighted by molar-refractivity contribution is 9.10. The van der Waals surface area contributed by atoms with Crippen LogP contribution in [0.2, 0.25) is 0 Å². The number of nitrogens with zero attached hydrogens (tertiary/aromatic N) is 4. The molecule has 0 aliphatic carbocycles. The van der Waals surface area contributed by atoms with Gasteiger partial charge in [0.15, 0.2) is 11.0 Å². The number of benzene rings is 3. The number of carbonyl (C=O) groups excluding carboxylic acids is 1. The fraction of sp³-hybridized carbons (Fsp3) is 0.0833. The molecule has 0 fully saturated rings. The molecule has 1 heterocycles. The highest BCUT2D eigenvalue weighted by Crippen LogP contribution is 2.28. The lowest BCUT2D eigenvalue weighted by atomic mass is 10.1. The fourth-order valence-corrected chi connectivity index (χ4v) is 4.03. The van der Waals surface area contributed by atoms with Gasteiger partial charge in [-0.1, -0.05) is 70.2 Å². The second-order valence-electron chi connectivity index (χ2n) is 7.01. The van der Waals surface area contributed by atoms with Gasteiger partial charge in [0.25, 0.3) is 5.91 Å². The molecule has 6 nitrogen and oxygen atoms in total. The summed E-state index contributed by atoms with van der Waals surface area (Å²) in [5.74, 6) is 0.180. The molecule has 9 heteroatoms. The van der Waals surface area contributed by atoms with Crippen LogP contribution < -0.4 is 5.43 Å². The second kappa shape index (κ2) is 10.5. The summed E-state index contributed by atoms with van der Waals surface area (Å²) in [7, 11) is 0. The zero-order chi connectivity index (χ0) is 23.2. The van der Waals surface area contributed by atoms with Gasteiger partial charge in [-0.3, -0.25) is 9.36 Å². The number of nitrogens with one attached hydrogen (secondary N) is 1. The Kier molecular flexibility index (Phi) is 7.31. The lowest BCUT2D eigenvalue weighted by Gasteiger charge is -2.10. The maximum absolute atomic E-state index is 13.1. The van der Waals surface area contributed by atoms with Crippen molar-refractivity contribution >= 4 is 39.3 Å². The van der Waals surface area contributed by atoms with Crippen molar-refractivity contribution < 1.29 is 9.18 Å². The number of hydrogen-bond donors (Lipinski definition) is 1. The van der Waals surface area contributed by atoms with Gasteiger partial charge in [-0.05, 0) is 48.9 Å². The van der Waals surface area contributed by atoms with Crippen LogP contribution in [0, 0.1) is 5.82 Å². The molecule has 0 saturated carbocycles. The molecular formula is C24H19BrFN5OS. The molecule has 0 atom stereocenters. The van der Waals surface area contributed by atoms with Crippen molar-refractivity contribution in [2.75, 3.05) is 5.75 Å². The minimum atomic E-state index is -0.322. The number of hydrazone groups is 1. The number of carbonyl (C=O) groups is 1. The minimum absolute atomic E-state index is 0.103. The van der Waals surface area contributed by atoms with Crippen LogP contribution in [0.25, 0.3) is 17.1 Å². The summed E-state index contributed by atoms with van der Waals surface area (Å²) < 4.78 is 16.0. The molecule has 0 radical (unpaired) electrons. The van der Waals surface area contributed by atoms with Crippen molar-refractivity contribution in [3.63, 3.8) is 0 Å². The van der Waals surface area contributed by atoms with Crippen molar-refractivity contribution in [1.29, 1.82) is 0 Å². The van der Waals surface area contributed by atoms with E-state index in [2.05, 4.69) is 36.7 Å². The van der Waals surface area contributed by atoms with E-state index in [9.17, 15) is 9.18 Å². The molecule has 0 saturated heterocycles. The average Bonchev–Trinajstić information content (AvgIpc) is 3.26. The van der Waals surface area contributed by atoms with Crippen molar-refractivity contribution in [1.82, 2.24) is 20.2 Å². The van der Waals surface area contributed by atoms with E-state index < -0.39 is 0 Å². The van der Waals surface area contributed by atoms with Crippen LogP contribution in [0.4, 0.5) is 4.39 Å². The molecule has 0 unspecified atom stereocenters. The molecule has 4 aromatic rings. The van der Waals surface area contributed by atoms with E-state index >= 15 is 0 Å². The summed E-state index contributed by atoms with van der Waals surface area (Å²) in [6.45, 7) is 1.75. The summed E-state index contributed by atoms with van der Waals surface area (Å²) in [5, 5.41) is 13.4. The van der Waals surface area contributed by atoms with Crippen LogP contribution in [0.15, 0.2) is 93.6 Å². The van der Waals surface area contributed by atoms with Gasteiger partial charge in [-0.25, -0.2) is 9.82 Å². The fourth-order valence-electron chi connectivity index (χ4n) is 3.02. The number of para-hydroxylation sites is 1. The Morgan fingerprint density at radius 1 is 1.03 bits per heavy atom. The SMILES string of the molecule is C/C(=N\NC(=O)CSc1nnc(-c2ccc(Br)cc2)n1-c1ccccc1)c1ccc(F)cc1. The number of thioether (sulfide) groups is 1. The first kappa shape index (κ1) is 22.9. The molecule has 1 aromatic heterocycles. The predicted molar refractivity (Wildman–Crippen MR) is 132 cm³/mol. The monoisotopic (exact) mass is 523 g/mol. The Morgan fingerprint density at radius 3 is 2.42 bits per heavy atom. The van der Waals surface area contributed by atoms with Crippen LogP contribution in [0.1, 0.15) is 12.5 Å². The Labute approximate surface area is 203 Å². The first-order valence-electron chi connectivity index (χ1n) is 10.00. The lowest BCUT2D eigenvalue weighted by molar-refractivity contribution is -0.118. The van der Waals surface area contributed by atoms with E-state index in [1.807, 2.05) is 59.2 Å². The highest BCUT2D eigenvalue weighted by atomic mass is 79.9. The Morgan fingerprint density at radius 2 is 1.73 bits per heavy atom. The quantitative estimate of drug-likeness (QED) is 0.198. The zero-order valence-corrected chi connectivity index (χ0v) is 20.0. The molecule has 0 spiro atoms. The number of halogens is 2. The molecule has 33 heavy (non-hydrogen) atoms. The number of amides is 1. The maximum atomic E-state index is 13.1. The zero-order valence-electron chi connectivity index (χ0n) is 17.6. The molecule has 0 bridgehead atoms. The smallest absolute Gasteiger partial charge is 0.250 e. The van der Waals surface area contributed by atoms with Gasteiger partial charge in [-0.15, -0.1) is 10.2 Å². The van der Waals surface area contributed by atoms with E-state index in [1.165, 1.54) is 23.9 Å². The van der Waals surface area contributed by atoms with Gasteiger partial charge in [0, 0.05) is 15.7 Å². The number of hydrogen-bond acceptors (Lipinski definition) is 5. The summed E-state index contributed by atoms with van der Waals surface area (Å²) in [5.41, 5.74) is 5.66. The molecule has 1 amide bonds. The van der Waals surface area contributed by atoms with Gasteiger partial charge < -0.3 is 0 Å². The first-order chi connectivity index (χ1) is 16.0. The Bertz CT molecular complexity index is 1270. The van der Waals surface area contributed by atoms with Crippen LogP contribution in [-0.4, -0.2) is 32.1 Å². The van der Waals surface area contributed by atoms with Crippen LogP contribution >= 0.6 is 27.7 Å². The van der Waals surface area contributed by atoms with Gasteiger partial charge >= 0.3 is 0 Å². The summed E-state index contributed by atoms with van der Waals surface area (Å²) in [6.07, 6.45) is 0.